The highest BCUT2D eigenvalue weighted by Crippen LogP contribution is 2.29. The molecule has 3 aromatic carbocycles. The average molecular weight is 483 g/mol. The van der Waals surface area contributed by atoms with Gasteiger partial charge in [-0.3, -0.25) is 19.8 Å². The lowest BCUT2D eigenvalue weighted by Gasteiger charge is -2.28. The van der Waals surface area contributed by atoms with Crippen LogP contribution in [0.25, 0.3) is 6.08 Å². The normalized spacial score (nSPS) is 15.1. The molecule has 160 valence electrons. The minimum absolute atomic E-state index is 0.0321. The molecule has 3 aromatic rings. The van der Waals surface area contributed by atoms with Crippen molar-refractivity contribution in [3.8, 4) is 5.75 Å². The molecule has 32 heavy (non-hydrogen) atoms. The second kappa shape index (κ2) is 9.53. The zero-order valence-electron chi connectivity index (χ0n) is 16.5. The Kier molecular flexibility index (Phi) is 6.55. The molecule has 8 heteroatoms. The molecule has 1 N–H and O–H groups in total. The van der Waals surface area contributed by atoms with Gasteiger partial charge in [-0.25, -0.2) is 0 Å². The number of thiocarbonyl (C=S) groups is 1. The minimum Gasteiger partial charge on any atom is -0.487 e. The van der Waals surface area contributed by atoms with E-state index in [1.165, 1.54) is 11.0 Å². The average Bonchev–Trinajstić information content (AvgIpc) is 2.78. The van der Waals surface area contributed by atoms with Crippen LogP contribution in [0.15, 0.2) is 78.4 Å². The maximum atomic E-state index is 13.0. The highest BCUT2D eigenvalue weighted by molar-refractivity contribution is 7.80. The Labute approximate surface area is 200 Å². The molecule has 0 radical (unpaired) electrons. The monoisotopic (exact) mass is 482 g/mol. The number of benzene rings is 3. The Balaban J connectivity index is 1.56. The van der Waals surface area contributed by atoms with E-state index in [-0.39, 0.29) is 17.3 Å². The number of hydrogen-bond donors (Lipinski definition) is 1. The number of halogens is 2. The van der Waals surface area contributed by atoms with Crippen molar-refractivity contribution in [1.29, 1.82) is 0 Å². The molecular formula is C24H16Cl2N2O3S. The maximum Gasteiger partial charge on any atom is 0.270 e. The van der Waals surface area contributed by atoms with Gasteiger partial charge in [0.1, 0.15) is 17.9 Å². The number of nitrogens with zero attached hydrogens (tertiary/aromatic N) is 1. The SMILES string of the molecule is O=C1NC(=S)N(c2ccccc2)C(=O)/C1=C\c1ccc(OCc2ccccc2Cl)c(Cl)c1. The van der Waals surface area contributed by atoms with Crippen LogP contribution in [0.2, 0.25) is 10.0 Å². The Morgan fingerprint density at radius 1 is 0.938 bits per heavy atom. The van der Waals surface area contributed by atoms with E-state index >= 15 is 0 Å². The van der Waals surface area contributed by atoms with Crippen LogP contribution >= 0.6 is 35.4 Å². The van der Waals surface area contributed by atoms with Crippen molar-refractivity contribution in [2.45, 2.75) is 6.61 Å². The summed E-state index contributed by atoms with van der Waals surface area (Å²) >= 11 is 17.7. The summed E-state index contributed by atoms with van der Waals surface area (Å²) in [4.78, 5) is 26.8. The first-order valence-electron chi connectivity index (χ1n) is 9.56. The highest BCUT2D eigenvalue weighted by atomic mass is 35.5. The van der Waals surface area contributed by atoms with Gasteiger partial charge in [0.2, 0.25) is 0 Å². The smallest absolute Gasteiger partial charge is 0.270 e. The van der Waals surface area contributed by atoms with Crippen molar-refractivity contribution in [1.82, 2.24) is 5.32 Å². The zero-order chi connectivity index (χ0) is 22.7. The third-order valence-electron chi connectivity index (χ3n) is 4.72. The predicted molar refractivity (Wildman–Crippen MR) is 130 cm³/mol. The first kappa shape index (κ1) is 22.0. The first-order valence-corrected chi connectivity index (χ1v) is 10.7. The summed E-state index contributed by atoms with van der Waals surface area (Å²) in [5.74, 6) is -0.622. The minimum atomic E-state index is -0.567. The number of rotatable bonds is 5. The van der Waals surface area contributed by atoms with E-state index in [4.69, 9.17) is 40.2 Å². The number of amides is 2. The zero-order valence-corrected chi connectivity index (χ0v) is 18.9. The second-order valence-electron chi connectivity index (χ2n) is 6.86. The highest BCUT2D eigenvalue weighted by Gasteiger charge is 2.34. The van der Waals surface area contributed by atoms with Gasteiger partial charge >= 0.3 is 0 Å². The van der Waals surface area contributed by atoms with Crippen LogP contribution in [-0.2, 0) is 16.2 Å². The molecule has 4 rings (SSSR count). The molecule has 5 nitrogen and oxygen atoms in total. The summed E-state index contributed by atoms with van der Waals surface area (Å²) in [6, 6.07) is 21.2. The van der Waals surface area contributed by atoms with Gasteiger partial charge in [-0.15, -0.1) is 0 Å². The van der Waals surface area contributed by atoms with Gasteiger partial charge in [0.25, 0.3) is 11.8 Å². The maximum absolute atomic E-state index is 13.0. The standard InChI is InChI=1S/C24H16Cl2N2O3S/c25-19-9-5-4-6-16(19)14-31-21-11-10-15(13-20(21)26)12-18-22(29)27-24(32)28(23(18)30)17-7-2-1-3-8-17/h1-13H,14H2,(H,27,29,32)/b18-12-. The molecule has 1 heterocycles. The molecule has 0 aliphatic carbocycles. The van der Waals surface area contributed by atoms with Crippen molar-refractivity contribution in [2.75, 3.05) is 4.90 Å². The van der Waals surface area contributed by atoms with Crippen LogP contribution < -0.4 is 15.0 Å². The van der Waals surface area contributed by atoms with E-state index in [1.807, 2.05) is 24.3 Å². The van der Waals surface area contributed by atoms with E-state index in [1.54, 1.807) is 48.5 Å². The second-order valence-corrected chi connectivity index (χ2v) is 8.06. The summed E-state index contributed by atoms with van der Waals surface area (Å²) in [6.07, 6.45) is 1.47. The summed E-state index contributed by atoms with van der Waals surface area (Å²) < 4.78 is 5.77. The number of para-hydroxylation sites is 1. The summed E-state index contributed by atoms with van der Waals surface area (Å²) in [6.45, 7) is 0.254. The van der Waals surface area contributed by atoms with Gasteiger partial charge in [-0.1, -0.05) is 65.7 Å². The van der Waals surface area contributed by atoms with Gasteiger partial charge in [-0.2, -0.15) is 0 Å². The fourth-order valence-corrected chi connectivity index (χ4v) is 3.85. The first-order chi connectivity index (χ1) is 15.4. The summed E-state index contributed by atoms with van der Waals surface area (Å²) in [5, 5.41) is 3.53. The van der Waals surface area contributed by atoms with Gasteiger partial charge in [0.15, 0.2) is 5.11 Å². The molecule has 1 aliphatic rings. The van der Waals surface area contributed by atoms with Gasteiger partial charge in [0.05, 0.1) is 10.7 Å². The number of ether oxygens (including phenoxy) is 1. The summed E-state index contributed by atoms with van der Waals surface area (Å²) in [5.41, 5.74) is 1.91. The molecule has 1 aliphatic heterocycles. The van der Waals surface area contributed by atoms with E-state index in [2.05, 4.69) is 5.32 Å². The Bertz CT molecular complexity index is 1250. The fraction of sp³-hybridized carbons (Fsp3) is 0.0417. The molecule has 1 saturated heterocycles. The number of carbonyl (C=O) groups excluding carboxylic acids is 2. The van der Waals surface area contributed by atoms with Gasteiger partial charge in [-0.05, 0) is 54.2 Å². The molecule has 0 unspecified atom stereocenters. The van der Waals surface area contributed by atoms with E-state index in [9.17, 15) is 9.59 Å². The third kappa shape index (κ3) is 4.67. The lowest BCUT2D eigenvalue weighted by Crippen LogP contribution is -2.54. The Morgan fingerprint density at radius 3 is 2.38 bits per heavy atom. The van der Waals surface area contributed by atoms with Gasteiger partial charge < -0.3 is 4.74 Å². The van der Waals surface area contributed by atoms with Gasteiger partial charge in [0, 0.05) is 10.6 Å². The topological polar surface area (TPSA) is 58.6 Å². The lowest BCUT2D eigenvalue weighted by molar-refractivity contribution is -0.122. The molecular weight excluding hydrogens is 467 g/mol. The van der Waals surface area contributed by atoms with Crippen LogP contribution in [-0.4, -0.2) is 16.9 Å². The van der Waals surface area contributed by atoms with E-state index in [0.29, 0.717) is 27.0 Å². The Hall–Kier alpha value is -3.19. The molecule has 0 spiro atoms. The van der Waals surface area contributed by atoms with Crippen LogP contribution in [0.4, 0.5) is 5.69 Å². The fourth-order valence-electron chi connectivity index (χ4n) is 3.13. The number of carbonyl (C=O) groups is 2. The predicted octanol–water partition coefficient (Wildman–Crippen LogP) is 5.40. The van der Waals surface area contributed by atoms with Crippen molar-refractivity contribution in [2.24, 2.45) is 0 Å². The summed E-state index contributed by atoms with van der Waals surface area (Å²) in [7, 11) is 0. The van der Waals surface area contributed by atoms with Crippen LogP contribution in [0.3, 0.4) is 0 Å². The van der Waals surface area contributed by atoms with Crippen molar-refractivity contribution in [3.05, 3.63) is 99.5 Å². The number of hydrogen-bond acceptors (Lipinski definition) is 4. The van der Waals surface area contributed by atoms with E-state index in [0.717, 1.165) is 5.56 Å². The molecule has 0 atom stereocenters. The van der Waals surface area contributed by atoms with Crippen LogP contribution in [0, 0.1) is 0 Å². The third-order valence-corrected chi connectivity index (χ3v) is 5.67. The van der Waals surface area contributed by atoms with Crippen molar-refractivity contribution < 1.29 is 14.3 Å². The van der Waals surface area contributed by atoms with Crippen molar-refractivity contribution >= 4 is 64.1 Å². The van der Waals surface area contributed by atoms with Crippen LogP contribution in [0.5, 0.6) is 5.75 Å². The molecule has 2 amide bonds. The largest absolute Gasteiger partial charge is 0.487 e. The number of nitrogens with one attached hydrogen (secondary N) is 1. The molecule has 0 saturated carbocycles. The Morgan fingerprint density at radius 2 is 1.66 bits per heavy atom. The molecule has 0 bridgehead atoms. The number of anilines is 1. The van der Waals surface area contributed by atoms with Crippen LogP contribution in [0.1, 0.15) is 11.1 Å². The van der Waals surface area contributed by atoms with E-state index < -0.39 is 11.8 Å². The molecule has 1 fully saturated rings. The lowest BCUT2D eigenvalue weighted by atomic mass is 10.1. The van der Waals surface area contributed by atoms with Crippen molar-refractivity contribution in [3.63, 3.8) is 0 Å². The molecule has 0 aromatic heterocycles. The quantitative estimate of drug-likeness (QED) is 0.300.